The quantitative estimate of drug-likeness (QED) is 0.597. The summed E-state index contributed by atoms with van der Waals surface area (Å²) >= 11 is 5.65. The van der Waals surface area contributed by atoms with Crippen LogP contribution in [0.3, 0.4) is 0 Å². The number of alkyl halides is 1. The van der Waals surface area contributed by atoms with Crippen LogP contribution in [0.4, 0.5) is 0 Å². The number of nitrogens with one attached hydrogen (secondary N) is 1. The monoisotopic (exact) mass is 255 g/mol. The molecule has 0 heterocycles. The Hall–Kier alpha value is -0.730. The van der Waals surface area contributed by atoms with Crippen molar-refractivity contribution in [3.05, 3.63) is 29.8 Å². The fraction of sp³-hybridized carbons (Fsp3) is 0.571. The summed E-state index contributed by atoms with van der Waals surface area (Å²) in [6, 6.07) is 8.25. The Morgan fingerprint density at radius 2 is 2.12 bits per heavy atom. The van der Waals surface area contributed by atoms with Crippen LogP contribution in [-0.2, 0) is 5.41 Å². The second kappa shape index (κ2) is 6.87. The fourth-order valence-electron chi connectivity index (χ4n) is 1.74. The molecule has 0 spiro atoms. The van der Waals surface area contributed by atoms with E-state index in [-0.39, 0.29) is 5.41 Å². The van der Waals surface area contributed by atoms with Crippen molar-refractivity contribution in [2.24, 2.45) is 0 Å². The van der Waals surface area contributed by atoms with Gasteiger partial charge in [-0.2, -0.15) is 0 Å². The van der Waals surface area contributed by atoms with Crippen molar-refractivity contribution < 1.29 is 4.74 Å². The molecule has 0 bridgehead atoms. The number of halogens is 1. The Kier molecular flexibility index (Phi) is 5.79. The van der Waals surface area contributed by atoms with Crippen LogP contribution in [0.25, 0.3) is 0 Å². The summed E-state index contributed by atoms with van der Waals surface area (Å²) in [5, 5.41) is 3.44. The lowest BCUT2D eigenvalue weighted by Gasteiger charge is -2.26. The van der Waals surface area contributed by atoms with E-state index in [4.69, 9.17) is 16.3 Å². The number of methoxy groups -OCH3 is 1. The van der Waals surface area contributed by atoms with Gasteiger partial charge in [-0.1, -0.05) is 26.0 Å². The van der Waals surface area contributed by atoms with Gasteiger partial charge >= 0.3 is 0 Å². The Morgan fingerprint density at radius 1 is 1.35 bits per heavy atom. The second-order valence-electron chi connectivity index (χ2n) is 4.84. The Balaban J connectivity index is 2.61. The molecule has 0 aliphatic rings. The summed E-state index contributed by atoms with van der Waals surface area (Å²) in [6.45, 7) is 6.37. The lowest BCUT2D eigenvalue weighted by Crippen LogP contribution is -2.33. The van der Waals surface area contributed by atoms with Crippen molar-refractivity contribution >= 4 is 11.6 Å². The van der Waals surface area contributed by atoms with Crippen LogP contribution in [0.1, 0.15) is 25.8 Å². The van der Waals surface area contributed by atoms with E-state index in [1.54, 1.807) is 7.11 Å². The molecule has 0 saturated carbocycles. The first-order valence-electron chi connectivity index (χ1n) is 6.01. The SMILES string of the molecule is COc1cccc(C(C)(C)CNCCCCl)c1. The molecule has 2 nitrogen and oxygen atoms in total. The van der Waals surface area contributed by atoms with Crippen LogP contribution in [0.15, 0.2) is 24.3 Å². The van der Waals surface area contributed by atoms with Gasteiger partial charge in [-0.05, 0) is 30.7 Å². The van der Waals surface area contributed by atoms with E-state index in [1.807, 2.05) is 12.1 Å². The molecule has 0 unspecified atom stereocenters. The Morgan fingerprint density at radius 3 is 2.76 bits per heavy atom. The largest absolute Gasteiger partial charge is 0.497 e. The summed E-state index contributed by atoms with van der Waals surface area (Å²) in [5.74, 6) is 1.63. The second-order valence-corrected chi connectivity index (χ2v) is 5.21. The zero-order chi connectivity index (χ0) is 12.7. The number of hydrogen-bond donors (Lipinski definition) is 1. The van der Waals surface area contributed by atoms with Crippen LogP contribution >= 0.6 is 11.6 Å². The highest BCUT2D eigenvalue weighted by Crippen LogP contribution is 2.25. The highest BCUT2D eigenvalue weighted by molar-refractivity contribution is 6.17. The third-order valence-electron chi connectivity index (χ3n) is 2.91. The zero-order valence-corrected chi connectivity index (χ0v) is 11.7. The van der Waals surface area contributed by atoms with Crippen molar-refractivity contribution in [3.8, 4) is 5.75 Å². The molecular formula is C14H22ClNO. The molecular weight excluding hydrogens is 234 g/mol. The normalized spacial score (nSPS) is 11.5. The molecule has 0 aromatic heterocycles. The summed E-state index contributed by atoms with van der Waals surface area (Å²) in [5.41, 5.74) is 1.39. The first-order valence-corrected chi connectivity index (χ1v) is 6.55. The molecule has 0 aliphatic carbocycles. The summed E-state index contributed by atoms with van der Waals surface area (Å²) in [7, 11) is 1.70. The summed E-state index contributed by atoms with van der Waals surface area (Å²) < 4.78 is 5.26. The average Bonchev–Trinajstić information content (AvgIpc) is 2.35. The molecule has 0 fully saturated rings. The van der Waals surface area contributed by atoms with E-state index in [9.17, 15) is 0 Å². The van der Waals surface area contributed by atoms with Gasteiger partial charge in [-0.25, -0.2) is 0 Å². The number of ether oxygens (including phenoxy) is 1. The predicted molar refractivity (Wildman–Crippen MR) is 74.2 cm³/mol. The number of hydrogen-bond acceptors (Lipinski definition) is 2. The van der Waals surface area contributed by atoms with Gasteiger partial charge in [0.2, 0.25) is 0 Å². The van der Waals surface area contributed by atoms with Crippen molar-refractivity contribution in [3.63, 3.8) is 0 Å². The standard InChI is InChI=1S/C14H22ClNO/c1-14(2,11-16-9-5-8-15)12-6-4-7-13(10-12)17-3/h4,6-7,10,16H,5,8-9,11H2,1-3H3. The van der Waals surface area contributed by atoms with E-state index in [1.165, 1.54) is 5.56 Å². The van der Waals surface area contributed by atoms with E-state index in [0.29, 0.717) is 5.88 Å². The molecule has 1 aromatic rings. The van der Waals surface area contributed by atoms with E-state index < -0.39 is 0 Å². The van der Waals surface area contributed by atoms with Crippen molar-refractivity contribution in [2.45, 2.75) is 25.7 Å². The molecule has 0 aliphatic heterocycles. The molecule has 3 heteroatoms. The van der Waals surface area contributed by atoms with Crippen molar-refractivity contribution in [2.75, 3.05) is 26.1 Å². The van der Waals surface area contributed by atoms with Gasteiger partial charge in [0, 0.05) is 17.8 Å². The summed E-state index contributed by atoms with van der Waals surface area (Å²) in [6.07, 6.45) is 1.01. The maximum atomic E-state index is 5.65. The average molecular weight is 256 g/mol. The van der Waals surface area contributed by atoms with E-state index >= 15 is 0 Å². The highest BCUT2D eigenvalue weighted by Gasteiger charge is 2.20. The molecule has 96 valence electrons. The van der Waals surface area contributed by atoms with Crippen molar-refractivity contribution in [1.82, 2.24) is 5.32 Å². The molecule has 1 aromatic carbocycles. The molecule has 1 N–H and O–H groups in total. The third-order valence-corrected chi connectivity index (χ3v) is 3.17. The molecule has 0 radical (unpaired) electrons. The van der Waals surface area contributed by atoms with Crippen LogP contribution in [0.5, 0.6) is 5.75 Å². The molecule has 0 amide bonds. The number of benzene rings is 1. The smallest absolute Gasteiger partial charge is 0.119 e. The Labute approximate surface area is 109 Å². The van der Waals surface area contributed by atoms with Crippen molar-refractivity contribution in [1.29, 1.82) is 0 Å². The Bertz CT molecular complexity index is 339. The molecule has 17 heavy (non-hydrogen) atoms. The van der Waals surface area contributed by atoms with Gasteiger partial charge in [-0.15, -0.1) is 11.6 Å². The van der Waals surface area contributed by atoms with Gasteiger partial charge in [0.15, 0.2) is 0 Å². The first-order chi connectivity index (χ1) is 8.10. The van der Waals surface area contributed by atoms with Gasteiger partial charge in [-0.3, -0.25) is 0 Å². The van der Waals surface area contributed by atoms with E-state index in [2.05, 4.69) is 31.3 Å². The highest BCUT2D eigenvalue weighted by atomic mass is 35.5. The first kappa shape index (κ1) is 14.3. The van der Waals surface area contributed by atoms with Crippen LogP contribution in [0.2, 0.25) is 0 Å². The fourth-order valence-corrected chi connectivity index (χ4v) is 1.87. The minimum Gasteiger partial charge on any atom is -0.497 e. The van der Waals surface area contributed by atoms with Gasteiger partial charge in [0.25, 0.3) is 0 Å². The lowest BCUT2D eigenvalue weighted by atomic mass is 9.84. The minimum atomic E-state index is 0.0981. The molecule has 0 atom stereocenters. The third kappa shape index (κ3) is 4.57. The van der Waals surface area contributed by atoms with E-state index in [0.717, 1.165) is 25.3 Å². The predicted octanol–water partition coefficient (Wildman–Crippen LogP) is 3.19. The minimum absolute atomic E-state index is 0.0981. The molecule has 0 saturated heterocycles. The van der Waals surface area contributed by atoms with Crippen LogP contribution in [0, 0.1) is 0 Å². The van der Waals surface area contributed by atoms with Gasteiger partial charge in [0.1, 0.15) is 5.75 Å². The maximum Gasteiger partial charge on any atom is 0.119 e. The maximum absolute atomic E-state index is 5.65. The molecule has 1 rings (SSSR count). The number of rotatable bonds is 7. The van der Waals surface area contributed by atoms with Gasteiger partial charge in [0.05, 0.1) is 7.11 Å². The summed E-state index contributed by atoms with van der Waals surface area (Å²) in [4.78, 5) is 0. The zero-order valence-electron chi connectivity index (χ0n) is 10.9. The van der Waals surface area contributed by atoms with Crippen LogP contribution < -0.4 is 10.1 Å². The topological polar surface area (TPSA) is 21.3 Å². The van der Waals surface area contributed by atoms with Gasteiger partial charge < -0.3 is 10.1 Å². The lowest BCUT2D eigenvalue weighted by molar-refractivity contribution is 0.410. The van der Waals surface area contributed by atoms with Crippen LogP contribution in [-0.4, -0.2) is 26.1 Å².